The SMILES string of the molecule is O=C1C=C2CN(OF)CCC2S1. The Labute approximate surface area is 73.4 Å². The second kappa shape index (κ2) is 3.16. The molecule has 1 atom stereocenters. The van der Waals surface area contributed by atoms with Crippen molar-refractivity contribution in [3.63, 3.8) is 0 Å². The first kappa shape index (κ1) is 8.22. The molecule has 1 unspecified atom stereocenters. The number of fused-ring (bicyclic) bond motifs is 1. The summed E-state index contributed by atoms with van der Waals surface area (Å²) in [5, 5.41) is 5.18. The zero-order valence-electron chi connectivity index (χ0n) is 6.33. The minimum atomic E-state index is 0.0794. The van der Waals surface area contributed by atoms with Gasteiger partial charge in [0, 0.05) is 18.3 Å². The molecule has 5 heteroatoms. The molecule has 0 aromatic heterocycles. The molecule has 12 heavy (non-hydrogen) atoms. The Kier molecular flexibility index (Phi) is 2.16. The molecule has 2 aliphatic heterocycles. The van der Waals surface area contributed by atoms with E-state index in [0.29, 0.717) is 13.1 Å². The van der Waals surface area contributed by atoms with Gasteiger partial charge in [0.1, 0.15) is 0 Å². The van der Waals surface area contributed by atoms with Crippen LogP contribution in [0.25, 0.3) is 0 Å². The summed E-state index contributed by atoms with van der Waals surface area (Å²) in [6.45, 7) is 0.971. The molecule has 0 saturated carbocycles. The molecule has 0 amide bonds. The van der Waals surface area contributed by atoms with E-state index < -0.39 is 0 Å². The van der Waals surface area contributed by atoms with Crippen LogP contribution in [0.15, 0.2) is 11.6 Å². The Bertz CT molecular complexity index is 244. The summed E-state index contributed by atoms with van der Waals surface area (Å²) in [5.74, 6) is 0. The number of hydrogen-bond donors (Lipinski definition) is 0. The van der Waals surface area contributed by atoms with Gasteiger partial charge in [-0.1, -0.05) is 16.8 Å². The predicted octanol–water partition coefficient (Wildman–Crippen LogP) is 1.08. The molecule has 2 aliphatic rings. The molecule has 2 rings (SSSR count). The van der Waals surface area contributed by atoms with Crippen LogP contribution in [0.1, 0.15) is 6.42 Å². The van der Waals surface area contributed by atoms with Gasteiger partial charge in [-0.25, -0.2) is 0 Å². The summed E-state index contributed by atoms with van der Waals surface area (Å²) >= 11 is 1.33. The molecule has 0 radical (unpaired) electrons. The van der Waals surface area contributed by atoms with E-state index in [2.05, 4.69) is 5.04 Å². The van der Waals surface area contributed by atoms with E-state index in [1.807, 2.05) is 0 Å². The number of carbonyl (C=O) groups excluding carboxylic acids is 1. The molecule has 0 aromatic rings. The van der Waals surface area contributed by atoms with Crippen molar-refractivity contribution in [3.05, 3.63) is 11.6 Å². The molecule has 3 nitrogen and oxygen atoms in total. The molecule has 0 spiro atoms. The van der Waals surface area contributed by atoms with Gasteiger partial charge in [0.2, 0.25) is 5.12 Å². The van der Waals surface area contributed by atoms with Crippen molar-refractivity contribution >= 4 is 16.9 Å². The van der Waals surface area contributed by atoms with Crippen LogP contribution in [0.2, 0.25) is 0 Å². The quantitative estimate of drug-likeness (QED) is 0.617. The number of thioether (sulfide) groups is 1. The number of hydrogen-bond acceptors (Lipinski definition) is 4. The van der Waals surface area contributed by atoms with E-state index in [1.54, 1.807) is 6.08 Å². The van der Waals surface area contributed by atoms with Gasteiger partial charge in [-0.15, -0.1) is 5.06 Å². The first-order valence-electron chi connectivity index (χ1n) is 3.74. The molecule has 0 aliphatic carbocycles. The molecular formula is C7H8FNO2S. The lowest BCUT2D eigenvalue weighted by Gasteiger charge is -2.26. The highest BCUT2D eigenvalue weighted by atomic mass is 32.2. The lowest BCUT2D eigenvalue weighted by atomic mass is 10.1. The zero-order chi connectivity index (χ0) is 8.55. The Morgan fingerprint density at radius 1 is 1.75 bits per heavy atom. The average molecular weight is 189 g/mol. The fourth-order valence-corrected chi connectivity index (χ4v) is 2.51. The van der Waals surface area contributed by atoms with Gasteiger partial charge in [-0.3, -0.25) is 4.79 Å². The van der Waals surface area contributed by atoms with Crippen molar-refractivity contribution in [2.75, 3.05) is 13.1 Å². The van der Waals surface area contributed by atoms with Gasteiger partial charge in [0.15, 0.2) is 0 Å². The van der Waals surface area contributed by atoms with Crippen molar-refractivity contribution in [2.45, 2.75) is 11.7 Å². The third-order valence-corrected chi connectivity index (χ3v) is 3.25. The van der Waals surface area contributed by atoms with E-state index in [9.17, 15) is 9.32 Å². The first-order chi connectivity index (χ1) is 5.79. The lowest BCUT2D eigenvalue weighted by molar-refractivity contribution is -0.321. The van der Waals surface area contributed by atoms with Crippen LogP contribution < -0.4 is 0 Å². The highest BCUT2D eigenvalue weighted by Crippen LogP contribution is 2.34. The van der Waals surface area contributed by atoms with E-state index in [-0.39, 0.29) is 10.4 Å². The van der Waals surface area contributed by atoms with E-state index in [4.69, 9.17) is 0 Å². The smallest absolute Gasteiger partial charge is 0.212 e. The molecule has 0 bridgehead atoms. The van der Waals surface area contributed by atoms with Crippen LogP contribution in [0.3, 0.4) is 0 Å². The van der Waals surface area contributed by atoms with Crippen LogP contribution in [-0.2, 0) is 9.84 Å². The second-order valence-corrected chi connectivity index (χ2v) is 4.07. The Morgan fingerprint density at radius 2 is 2.58 bits per heavy atom. The number of rotatable bonds is 1. The summed E-state index contributed by atoms with van der Waals surface area (Å²) in [4.78, 5) is 10.9. The van der Waals surface area contributed by atoms with Crippen LogP contribution in [0, 0.1) is 0 Å². The van der Waals surface area contributed by atoms with Crippen LogP contribution in [-0.4, -0.2) is 28.5 Å². The van der Waals surface area contributed by atoms with Crippen LogP contribution >= 0.6 is 11.8 Å². The maximum Gasteiger partial charge on any atom is 0.212 e. The van der Waals surface area contributed by atoms with Gasteiger partial charge in [0.25, 0.3) is 0 Å². The van der Waals surface area contributed by atoms with Gasteiger partial charge < -0.3 is 0 Å². The average Bonchev–Trinajstić information content (AvgIpc) is 2.43. The summed E-state index contributed by atoms with van der Waals surface area (Å²) in [6, 6.07) is 0. The highest BCUT2D eigenvalue weighted by Gasteiger charge is 2.31. The monoisotopic (exact) mass is 189 g/mol. The maximum absolute atomic E-state index is 11.7. The van der Waals surface area contributed by atoms with Crippen molar-refractivity contribution < 1.29 is 14.4 Å². The molecule has 2 heterocycles. The van der Waals surface area contributed by atoms with Crippen LogP contribution in [0.4, 0.5) is 4.53 Å². The summed E-state index contributed by atoms with van der Waals surface area (Å²) in [5.41, 5.74) is 0.980. The standard InChI is InChI=1S/C7H8FNO2S/c8-11-9-2-1-6-5(4-9)3-7(10)12-6/h3,6H,1-2,4H2. The van der Waals surface area contributed by atoms with Gasteiger partial charge >= 0.3 is 0 Å². The summed E-state index contributed by atoms with van der Waals surface area (Å²) in [7, 11) is 0. The number of hydroxylamine groups is 2. The topological polar surface area (TPSA) is 29.5 Å². The minimum Gasteiger partial charge on any atom is -0.282 e. The van der Waals surface area contributed by atoms with Gasteiger partial charge in [-0.2, -0.15) is 0 Å². The molecule has 66 valence electrons. The van der Waals surface area contributed by atoms with E-state index in [1.165, 1.54) is 16.8 Å². The summed E-state index contributed by atoms with van der Waals surface area (Å²) in [6.07, 6.45) is 2.37. The van der Waals surface area contributed by atoms with Crippen molar-refractivity contribution in [3.8, 4) is 0 Å². The number of piperidine rings is 1. The van der Waals surface area contributed by atoms with Crippen LogP contribution in [0.5, 0.6) is 0 Å². The number of halogens is 1. The van der Waals surface area contributed by atoms with E-state index >= 15 is 0 Å². The fraction of sp³-hybridized carbons (Fsp3) is 0.571. The third kappa shape index (κ3) is 1.39. The predicted molar refractivity (Wildman–Crippen MR) is 42.9 cm³/mol. The number of nitrogens with zero attached hydrogens (tertiary/aromatic N) is 1. The largest absolute Gasteiger partial charge is 0.282 e. The molecule has 0 aromatic carbocycles. The molecular weight excluding hydrogens is 181 g/mol. The van der Waals surface area contributed by atoms with Gasteiger partial charge in [0.05, 0.1) is 0 Å². The Hall–Kier alpha value is -0.390. The highest BCUT2D eigenvalue weighted by molar-refractivity contribution is 8.15. The lowest BCUT2D eigenvalue weighted by Crippen LogP contribution is -2.33. The van der Waals surface area contributed by atoms with Crippen molar-refractivity contribution in [1.29, 1.82) is 0 Å². The first-order valence-corrected chi connectivity index (χ1v) is 4.62. The second-order valence-electron chi connectivity index (χ2n) is 2.87. The molecule has 1 fully saturated rings. The third-order valence-electron chi connectivity index (χ3n) is 2.07. The number of carbonyl (C=O) groups is 1. The summed E-state index contributed by atoms with van der Waals surface area (Å²) < 4.78 is 11.7. The Morgan fingerprint density at radius 3 is 3.33 bits per heavy atom. The Balaban J connectivity index is 2.07. The fourth-order valence-electron chi connectivity index (χ4n) is 1.49. The minimum absolute atomic E-state index is 0.0794. The molecule has 1 saturated heterocycles. The maximum atomic E-state index is 11.7. The van der Waals surface area contributed by atoms with E-state index in [0.717, 1.165) is 12.0 Å². The van der Waals surface area contributed by atoms with Crippen molar-refractivity contribution in [2.24, 2.45) is 0 Å². The molecule has 0 N–H and O–H groups in total. The van der Waals surface area contributed by atoms with Gasteiger partial charge in [-0.05, 0) is 22.6 Å². The normalized spacial score (nSPS) is 30.2. The zero-order valence-corrected chi connectivity index (χ0v) is 7.14. The van der Waals surface area contributed by atoms with Crippen molar-refractivity contribution in [1.82, 2.24) is 5.06 Å².